The van der Waals surface area contributed by atoms with E-state index in [0.29, 0.717) is 32.8 Å². The van der Waals surface area contributed by atoms with Gasteiger partial charge in [0.15, 0.2) is 12.1 Å². The third kappa shape index (κ3) is 11.2. The monoisotopic (exact) mass is 748 g/mol. The Morgan fingerprint density at radius 2 is 1.35 bits per heavy atom. The SMILES string of the molecule is C[C@@H]1[C@@H](OCc2ccccc2)[C@H](OCc2ccccc2)[C@@H](COCc2ccccc2)O[C@H]1[C@H](O)[C@@]1(O)C[C@H](O)[C@@H](C)[C@@H](CCCCOC2CCCCO2)O1. The first kappa shape index (κ1) is 40.9. The number of hydrogen-bond donors (Lipinski definition) is 3. The van der Waals surface area contributed by atoms with E-state index in [9.17, 15) is 15.3 Å². The molecule has 3 fully saturated rings. The molecule has 10 nitrogen and oxygen atoms in total. The van der Waals surface area contributed by atoms with Gasteiger partial charge in [-0.15, -0.1) is 0 Å². The van der Waals surface area contributed by atoms with Crippen molar-refractivity contribution in [3.05, 3.63) is 108 Å². The Kier molecular flexibility index (Phi) is 15.5. The minimum atomic E-state index is -2.06. The summed E-state index contributed by atoms with van der Waals surface area (Å²) in [6, 6.07) is 29.8. The molecule has 10 heteroatoms. The van der Waals surface area contributed by atoms with Gasteiger partial charge in [0.05, 0.1) is 50.8 Å². The molecule has 0 saturated carbocycles. The molecule has 3 heterocycles. The second kappa shape index (κ2) is 20.4. The molecule has 1 unspecified atom stereocenters. The fraction of sp³-hybridized carbons (Fsp3) is 0.591. The van der Waals surface area contributed by atoms with Gasteiger partial charge in [0.2, 0.25) is 0 Å². The summed E-state index contributed by atoms with van der Waals surface area (Å²) in [5.41, 5.74) is 3.02. The second-order valence-corrected chi connectivity index (χ2v) is 15.3. The normalized spacial score (nSPS) is 32.3. The third-order valence-corrected chi connectivity index (χ3v) is 11.2. The molecule has 0 bridgehead atoms. The summed E-state index contributed by atoms with van der Waals surface area (Å²) < 4.78 is 44.3. The van der Waals surface area contributed by atoms with Gasteiger partial charge in [-0.2, -0.15) is 0 Å². The Labute approximate surface area is 320 Å². The molecule has 0 radical (unpaired) electrons. The lowest BCUT2D eigenvalue weighted by Crippen LogP contribution is -2.66. The van der Waals surface area contributed by atoms with E-state index in [0.717, 1.165) is 55.4 Å². The zero-order chi connectivity index (χ0) is 37.8. The van der Waals surface area contributed by atoms with Crippen LogP contribution in [-0.4, -0.2) is 89.9 Å². The van der Waals surface area contributed by atoms with Crippen LogP contribution in [-0.2, 0) is 53.0 Å². The summed E-state index contributed by atoms with van der Waals surface area (Å²) in [7, 11) is 0. The average Bonchev–Trinajstić information content (AvgIpc) is 3.20. The highest BCUT2D eigenvalue weighted by atomic mass is 16.7. The molecule has 3 saturated heterocycles. The van der Waals surface area contributed by atoms with E-state index < -0.39 is 54.4 Å². The van der Waals surface area contributed by atoms with Crippen molar-refractivity contribution in [3.63, 3.8) is 0 Å². The van der Waals surface area contributed by atoms with Crippen LogP contribution < -0.4 is 0 Å². The number of aliphatic hydroxyl groups is 3. The van der Waals surface area contributed by atoms with Crippen molar-refractivity contribution in [3.8, 4) is 0 Å². The molecular weight excluding hydrogens is 688 g/mol. The minimum absolute atomic E-state index is 0.139. The molecule has 54 heavy (non-hydrogen) atoms. The molecule has 3 aromatic rings. The number of aliphatic hydroxyl groups excluding tert-OH is 2. The van der Waals surface area contributed by atoms with Crippen LogP contribution in [0.2, 0.25) is 0 Å². The summed E-state index contributed by atoms with van der Waals surface area (Å²) in [6.45, 7) is 6.35. The topological polar surface area (TPSA) is 125 Å². The van der Waals surface area contributed by atoms with E-state index in [-0.39, 0.29) is 25.2 Å². The van der Waals surface area contributed by atoms with Crippen LogP contribution >= 0.6 is 0 Å². The average molecular weight is 749 g/mol. The van der Waals surface area contributed by atoms with E-state index in [2.05, 4.69) is 0 Å². The first-order valence-corrected chi connectivity index (χ1v) is 19.9. The van der Waals surface area contributed by atoms with Crippen molar-refractivity contribution in [2.45, 2.75) is 133 Å². The molecule has 3 aliphatic rings. The molecule has 0 amide bonds. The van der Waals surface area contributed by atoms with E-state index in [4.69, 9.17) is 33.2 Å². The fourth-order valence-corrected chi connectivity index (χ4v) is 7.87. The highest BCUT2D eigenvalue weighted by Crippen LogP contribution is 2.41. The van der Waals surface area contributed by atoms with Crippen molar-refractivity contribution in [2.75, 3.05) is 19.8 Å². The van der Waals surface area contributed by atoms with Crippen molar-refractivity contribution in [2.24, 2.45) is 11.8 Å². The Morgan fingerprint density at radius 3 is 1.96 bits per heavy atom. The maximum Gasteiger partial charge on any atom is 0.197 e. The predicted molar refractivity (Wildman–Crippen MR) is 203 cm³/mol. The van der Waals surface area contributed by atoms with E-state index >= 15 is 0 Å². The van der Waals surface area contributed by atoms with Crippen LogP contribution in [0.15, 0.2) is 91.0 Å². The number of benzene rings is 3. The molecule has 11 atom stereocenters. The van der Waals surface area contributed by atoms with Crippen LogP contribution in [0.3, 0.4) is 0 Å². The molecular formula is C44H60O10. The highest BCUT2D eigenvalue weighted by Gasteiger charge is 2.56. The van der Waals surface area contributed by atoms with Gasteiger partial charge in [0, 0.05) is 31.5 Å². The van der Waals surface area contributed by atoms with Crippen molar-refractivity contribution >= 4 is 0 Å². The quantitative estimate of drug-likeness (QED) is 0.127. The Morgan fingerprint density at radius 1 is 0.741 bits per heavy atom. The van der Waals surface area contributed by atoms with Crippen LogP contribution in [0, 0.1) is 11.8 Å². The molecule has 0 aromatic heterocycles. The maximum atomic E-state index is 12.1. The van der Waals surface area contributed by atoms with E-state index in [1.807, 2.05) is 105 Å². The van der Waals surface area contributed by atoms with Gasteiger partial charge in [-0.1, -0.05) is 105 Å². The molecule has 296 valence electrons. The highest BCUT2D eigenvalue weighted by molar-refractivity contribution is 5.15. The zero-order valence-corrected chi connectivity index (χ0v) is 31.8. The molecule has 0 aliphatic carbocycles. The van der Waals surface area contributed by atoms with E-state index in [1.165, 1.54) is 0 Å². The molecule has 0 spiro atoms. The Hall–Kier alpha value is -2.74. The molecule has 3 aromatic carbocycles. The van der Waals surface area contributed by atoms with Gasteiger partial charge in [0.1, 0.15) is 18.3 Å². The summed E-state index contributed by atoms with van der Waals surface area (Å²) >= 11 is 0. The molecule has 3 N–H and O–H groups in total. The van der Waals surface area contributed by atoms with Gasteiger partial charge in [-0.25, -0.2) is 0 Å². The Balaban J connectivity index is 1.18. The maximum absolute atomic E-state index is 12.1. The molecule has 3 aliphatic heterocycles. The predicted octanol–water partition coefficient (Wildman–Crippen LogP) is 6.33. The van der Waals surface area contributed by atoms with Crippen LogP contribution in [0.1, 0.15) is 75.5 Å². The lowest BCUT2D eigenvalue weighted by Gasteiger charge is -2.51. The number of rotatable bonds is 18. The Bertz CT molecular complexity index is 1470. The number of unbranched alkanes of at least 4 members (excludes halogenated alkanes) is 1. The van der Waals surface area contributed by atoms with Crippen molar-refractivity contribution in [1.29, 1.82) is 0 Å². The first-order chi connectivity index (χ1) is 26.3. The fourth-order valence-electron chi connectivity index (χ4n) is 7.87. The lowest BCUT2D eigenvalue weighted by atomic mass is 9.79. The lowest BCUT2D eigenvalue weighted by molar-refractivity contribution is -0.354. The minimum Gasteiger partial charge on any atom is -0.393 e. The van der Waals surface area contributed by atoms with Gasteiger partial charge in [0.25, 0.3) is 0 Å². The first-order valence-electron chi connectivity index (χ1n) is 19.9. The number of hydrogen-bond acceptors (Lipinski definition) is 10. The zero-order valence-electron chi connectivity index (χ0n) is 31.8. The van der Waals surface area contributed by atoms with Crippen molar-refractivity contribution < 1.29 is 48.5 Å². The largest absolute Gasteiger partial charge is 0.393 e. The summed E-state index contributed by atoms with van der Waals surface area (Å²) in [5, 5.41) is 35.5. The van der Waals surface area contributed by atoms with Crippen molar-refractivity contribution in [1.82, 2.24) is 0 Å². The third-order valence-electron chi connectivity index (χ3n) is 11.2. The molecule has 6 rings (SSSR count). The van der Waals surface area contributed by atoms with Crippen LogP contribution in [0.4, 0.5) is 0 Å². The van der Waals surface area contributed by atoms with Gasteiger partial charge in [-0.3, -0.25) is 0 Å². The van der Waals surface area contributed by atoms with Gasteiger partial charge >= 0.3 is 0 Å². The van der Waals surface area contributed by atoms with Crippen LogP contribution in [0.5, 0.6) is 0 Å². The standard InChI is InChI=1S/C44H60O10/c1-31-36(45)26-44(47,54-37(31)22-12-14-24-49-39-23-13-15-25-50-39)43(46)41-32(2)40(51-28-34-18-8-4-9-19-34)42(52-29-35-20-10-5-11-21-35)38(53-41)30-48-27-33-16-6-3-7-17-33/h3-11,16-21,31-32,36-43,45-47H,12-15,22-30H2,1-2H3/t31-,32-,36+,37-,38-,39?,40-,41-,42-,43+,44-/m1/s1. The second-order valence-electron chi connectivity index (χ2n) is 15.3. The van der Waals surface area contributed by atoms with Gasteiger partial charge < -0.3 is 48.5 Å². The van der Waals surface area contributed by atoms with Gasteiger partial charge in [-0.05, 0) is 55.2 Å². The number of ether oxygens (including phenoxy) is 7. The summed E-state index contributed by atoms with van der Waals surface area (Å²) in [5.74, 6) is -2.74. The summed E-state index contributed by atoms with van der Waals surface area (Å²) in [4.78, 5) is 0. The summed E-state index contributed by atoms with van der Waals surface area (Å²) in [6.07, 6.45) is -0.589. The van der Waals surface area contributed by atoms with Crippen LogP contribution in [0.25, 0.3) is 0 Å². The van der Waals surface area contributed by atoms with E-state index in [1.54, 1.807) is 0 Å². The smallest absolute Gasteiger partial charge is 0.197 e.